The Labute approximate surface area is 159 Å². The molecule has 0 bridgehead atoms. The second-order valence-electron chi connectivity index (χ2n) is 5.17. The molecule has 2 radical (unpaired) electrons. The molecule has 8 heteroatoms. The Hall–Kier alpha value is -1.43. The summed E-state index contributed by atoms with van der Waals surface area (Å²) in [5, 5.41) is 2.05. The second kappa shape index (κ2) is 11.3. The standard InChI is InChI=1S/C18H26N2O4Si2/c1-5-21-25(22-6-2)15-9-11-19-17(13-15)18-14-16(10-12-20-18)26(23-7-3)24-8-4/h9-14H,5-8H2,1-4H3. The van der Waals surface area contributed by atoms with Crippen LogP contribution >= 0.6 is 0 Å². The Morgan fingerprint density at radius 2 is 1.00 bits per heavy atom. The molecule has 6 nitrogen and oxygen atoms in total. The number of aromatic nitrogens is 2. The number of nitrogens with zero attached hydrogens (tertiary/aromatic N) is 2. The predicted molar refractivity (Wildman–Crippen MR) is 105 cm³/mol. The quantitative estimate of drug-likeness (QED) is 0.544. The third-order valence-corrected chi connectivity index (χ3v) is 7.12. The van der Waals surface area contributed by atoms with E-state index in [9.17, 15) is 0 Å². The topological polar surface area (TPSA) is 62.7 Å². The molecule has 2 heterocycles. The smallest absolute Gasteiger partial charge is 0.390 e. The Balaban J connectivity index is 2.30. The van der Waals surface area contributed by atoms with Crippen LogP contribution in [-0.2, 0) is 17.7 Å². The number of hydrogen-bond acceptors (Lipinski definition) is 6. The summed E-state index contributed by atoms with van der Waals surface area (Å²) in [6.45, 7) is 10.4. The molecule has 0 aliphatic carbocycles. The van der Waals surface area contributed by atoms with Crippen LogP contribution in [0.4, 0.5) is 0 Å². The number of pyridine rings is 2. The molecule has 0 unspecified atom stereocenters. The molecule has 26 heavy (non-hydrogen) atoms. The van der Waals surface area contributed by atoms with Gasteiger partial charge in [-0.25, -0.2) is 0 Å². The van der Waals surface area contributed by atoms with Gasteiger partial charge in [-0.05, 0) is 62.3 Å². The van der Waals surface area contributed by atoms with Gasteiger partial charge in [-0.3, -0.25) is 9.97 Å². The predicted octanol–water partition coefficient (Wildman–Crippen LogP) is 1.68. The van der Waals surface area contributed by atoms with Crippen LogP contribution in [0.2, 0.25) is 0 Å². The Morgan fingerprint density at radius 1 is 0.654 bits per heavy atom. The Kier molecular flexibility index (Phi) is 9.09. The van der Waals surface area contributed by atoms with Crippen molar-refractivity contribution in [3.63, 3.8) is 0 Å². The molecule has 0 aliphatic heterocycles. The average Bonchev–Trinajstić information content (AvgIpc) is 2.68. The highest BCUT2D eigenvalue weighted by Crippen LogP contribution is 2.12. The summed E-state index contributed by atoms with van der Waals surface area (Å²) in [5.74, 6) is 0. The lowest BCUT2D eigenvalue weighted by atomic mass is 10.2. The molecular weight excluding hydrogens is 364 g/mol. The third kappa shape index (κ3) is 5.80. The minimum absolute atomic E-state index is 0.619. The molecule has 2 rings (SSSR count). The van der Waals surface area contributed by atoms with Gasteiger partial charge in [-0.15, -0.1) is 0 Å². The van der Waals surface area contributed by atoms with E-state index in [-0.39, 0.29) is 0 Å². The molecule has 0 saturated heterocycles. The molecule has 0 atom stereocenters. The van der Waals surface area contributed by atoms with Crippen molar-refractivity contribution in [1.82, 2.24) is 9.97 Å². The summed E-state index contributed by atoms with van der Waals surface area (Å²) in [6.07, 6.45) is 3.55. The zero-order chi connectivity index (χ0) is 18.8. The van der Waals surface area contributed by atoms with Gasteiger partial charge in [0.05, 0.1) is 11.4 Å². The highest BCUT2D eigenvalue weighted by Gasteiger charge is 2.21. The van der Waals surface area contributed by atoms with Crippen LogP contribution in [0.3, 0.4) is 0 Å². The van der Waals surface area contributed by atoms with Gasteiger partial charge in [0, 0.05) is 38.8 Å². The summed E-state index contributed by atoms with van der Waals surface area (Å²) in [5.41, 5.74) is 1.58. The van der Waals surface area contributed by atoms with Gasteiger partial charge >= 0.3 is 18.6 Å². The number of rotatable bonds is 11. The van der Waals surface area contributed by atoms with Gasteiger partial charge in [0.25, 0.3) is 0 Å². The molecule has 2 aromatic rings. The molecule has 0 N–H and O–H groups in total. The highest BCUT2D eigenvalue weighted by molar-refractivity contribution is 6.62. The number of hydrogen-bond donors (Lipinski definition) is 0. The maximum atomic E-state index is 5.78. The Bertz CT molecular complexity index is 606. The van der Waals surface area contributed by atoms with Gasteiger partial charge in [0.1, 0.15) is 0 Å². The molecule has 140 valence electrons. The van der Waals surface area contributed by atoms with Crippen LogP contribution in [0.25, 0.3) is 11.4 Å². The Morgan fingerprint density at radius 3 is 1.31 bits per heavy atom. The minimum Gasteiger partial charge on any atom is -0.390 e. The molecule has 0 amide bonds. The molecule has 0 saturated carbocycles. The van der Waals surface area contributed by atoms with Crippen LogP contribution in [0.15, 0.2) is 36.7 Å². The van der Waals surface area contributed by atoms with Crippen molar-refractivity contribution in [2.75, 3.05) is 26.4 Å². The maximum absolute atomic E-state index is 5.78. The van der Waals surface area contributed by atoms with E-state index in [1.807, 2.05) is 52.0 Å². The summed E-state index contributed by atoms with van der Waals surface area (Å²) < 4.78 is 23.1. The summed E-state index contributed by atoms with van der Waals surface area (Å²) in [6, 6.07) is 7.89. The summed E-state index contributed by atoms with van der Waals surface area (Å²) in [7, 11) is -3.01. The first kappa shape index (κ1) is 20.9. The molecule has 2 aromatic heterocycles. The van der Waals surface area contributed by atoms with E-state index in [0.717, 1.165) is 21.8 Å². The second-order valence-corrected chi connectivity index (χ2v) is 8.63. The van der Waals surface area contributed by atoms with Crippen molar-refractivity contribution in [1.29, 1.82) is 0 Å². The monoisotopic (exact) mass is 390 g/mol. The van der Waals surface area contributed by atoms with Crippen molar-refractivity contribution < 1.29 is 17.7 Å². The van der Waals surface area contributed by atoms with E-state index >= 15 is 0 Å². The lowest BCUT2D eigenvalue weighted by molar-refractivity contribution is 0.225. The SMILES string of the molecule is CCO[Si](OCC)c1ccnc(-c2cc([Si](OCC)OCC)ccn2)c1. The van der Waals surface area contributed by atoms with Crippen LogP contribution < -0.4 is 10.4 Å². The van der Waals surface area contributed by atoms with Gasteiger partial charge in [-0.2, -0.15) is 0 Å². The van der Waals surface area contributed by atoms with Crippen molar-refractivity contribution >= 4 is 28.9 Å². The van der Waals surface area contributed by atoms with E-state index in [1.54, 1.807) is 12.4 Å². The molecular formula is C18H26N2O4Si2. The van der Waals surface area contributed by atoms with E-state index < -0.39 is 18.6 Å². The van der Waals surface area contributed by atoms with Crippen LogP contribution in [0.5, 0.6) is 0 Å². The van der Waals surface area contributed by atoms with E-state index in [2.05, 4.69) is 9.97 Å². The van der Waals surface area contributed by atoms with Crippen LogP contribution in [0.1, 0.15) is 27.7 Å². The maximum Gasteiger partial charge on any atom is 0.423 e. The van der Waals surface area contributed by atoms with E-state index in [4.69, 9.17) is 17.7 Å². The van der Waals surface area contributed by atoms with Gasteiger partial charge < -0.3 is 17.7 Å². The van der Waals surface area contributed by atoms with Crippen molar-refractivity contribution in [3.05, 3.63) is 36.7 Å². The van der Waals surface area contributed by atoms with Crippen molar-refractivity contribution in [2.45, 2.75) is 27.7 Å². The molecule has 0 fully saturated rings. The third-order valence-electron chi connectivity index (χ3n) is 3.36. The first-order chi connectivity index (χ1) is 12.7. The lowest BCUT2D eigenvalue weighted by Crippen LogP contribution is -2.38. The zero-order valence-corrected chi connectivity index (χ0v) is 17.8. The fourth-order valence-electron chi connectivity index (χ4n) is 2.34. The van der Waals surface area contributed by atoms with Gasteiger partial charge in [0.2, 0.25) is 0 Å². The first-order valence-corrected chi connectivity index (χ1v) is 11.5. The fourth-order valence-corrected chi connectivity index (χ4v) is 5.15. The van der Waals surface area contributed by atoms with Crippen LogP contribution in [0, 0.1) is 0 Å². The summed E-state index contributed by atoms with van der Waals surface area (Å²) >= 11 is 0. The molecule has 0 aromatic carbocycles. The first-order valence-electron chi connectivity index (χ1n) is 8.91. The van der Waals surface area contributed by atoms with Gasteiger partial charge in [0.15, 0.2) is 0 Å². The fraction of sp³-hybridized carbons (Fsp3) is 0.444. The van der Waals surface area contributed by atoms with Crippen molar-refractivity contribution in [3.8, 4) is 11.4 Å². The average molecular weight is 391 g/mol. The van der Waals surface area contributed by atoms with E-state index in [1.165, 1.54) is 0 Å². The normalized spacial score (nSPS) is 11.5. The zero-order valence-electron chi connectivity index (χ0n) is 15.8. The van der Waals surface area contributed by atoms with Crippen molar-refractivity contribution in [2.24, 2.45) is 0 Å². The lowest BCUT2D eigenvalue weighted by Gasteiger charge is -2.15. The minimum atomic E-state index is -1.51. The molecule has 0 aliphatic rings. The molecule has 0 spiro atoms. The highest BCUT2D eigenvalue weighted by atomic mass is 28.3. The largest absolute Gasteiger partial charge is 0.423 e. The van der Waals surface area contributed by atoms with E-state index in [0.29, 0.717) is 26.4 Å². The van der Waals surface area contributed by atoms with Crippen LogP contribution in [-0.4, -0.2) is 55.0 Å². The van der Waals surface area contributed by atoms with Gasteiger partial charge in [-0.1, -0.05) is 0 Å². The summed E-state index contributed by atoms with van der Waals surface area (Å²) in [4.78, 5) is 8.95.